The van der Waals surface area contributed by atoms with Crippen LogP contribution in [0.4, 0.5) is 5.69 Å². The van der Waals surface area contributed by atoms with E-state index in [0.29, 0.717) is 17.4 Å². The van der Waals surface area contributed by atoms with Gasteiger partial charge in [0.05, 0.1) is 11.9 Å². The zero-order chi connectivity index (χ0) is 11.8. The summed E-state index contributed by atoms with van der Waals surface area (Å²) in [5, 5.41) is 0. The highest BCUT2D eigenvalue weighted by atomic mass is 14.7. The SMILES string of the molecule is CC1(C)CC(N)CC(c2ccncc2N)C1. The number of anilines is 1. The van der Waals surface area contributed by atoms with Crippen molar-refractivity contribution in [1.29, 1.82) is 0 Å². The molecular formula is C13H21N3. The maximum absolute atomic E-state index is 6.13. The zero-order valence-electron chi connectivity index (χ0n) is 10.1. The van der Waals surface area contributed by atoms with Crippen LogP contribution in [-0.4, -0.2) is 11.0 Å². The maximum Gasteiger partial charge on any atom is 0.0535 e. The Bertz CT molecular complexity index is 373. The fourth-order valence-corrected chi connectivity index (χ4v) is 3.02. The summed E-state index contributed by atoms with van der Waals surface area (Å²) in [7, 11) is 0. The van der Waals surface area contributed by atoms with Crippen LogP contribution in [0.1, 0.15) is 44.6 Å². The van der Waals surface area contributed by atoms with Crippen molar-refractivity contribution < 1.29 is 0 Å². The first kappa shape index (κ1) is 11.4. The topological polar surface area (TPSA) is 64.9 Å². The lowest BCUT2D eigenvalue weighted by atomic mass is 9.68. The van der Waals surface area contributed by atoms with Gasteiger partial charge in [0, 0.05) is 12.2 Å². The lowest BCUT2D eigenvalue weighted by Gasteiger charge is -2.39. The highest BCUT2D eigenvalue weighted by molar-refractivity contribution is 5.46. The van der Waals surface area contributed by atoms with Crippen LogP contribution in [-0.2, 0) is 0 Å². The minimum atomic E-state index is 0.293. The van der Waals surface area contributed by atoms with E-state index >= 15 is 0 Å². The summed E-state index contributed by atoms with van der Waals surface area (Å²) >= 11 is 0. The quantitative estimate of drug-likeness (QED) is 0.761. The van der Waals surface area contributed by atoms with E-state index in [9.17, 15) is 0 Å². The number of hydrogen-bond acceptors (Lipinski definition) is 3. The van der Waals surface area contributed by atoms with Crippen molar-refractivity contribution >= 4 is 5.69 Å². The normalized spacial score (nSPS) is 28.9. The van der Waals surface area contributed by atoms with Crippen molar-refractivity contribution in [3.63, 3.8) is 0 Å². The molecule has 1 aromatic rings. The van der Waals surface area contributed by atoms with Crippen LogP contribution in [0.5, 0.6) is 0 Å². The van der Waals surface area contributed by atoms with Gasteiger partial charge >= 0.3 is 0 Å². The summed E-state index contributed by atoms with van der Waals surface area (Å²) in [6.07, 6.45) is 6.86. The highest BCUT2D eigenvalue weighted by Crippen LogP contribution is 2.43. The van der Waals surface area contributed by atoms with Gasteiger partial charge in [-0.3, -0.25) is 4.98 Å². The second-order valence-corrected chi connectivity index (χ2v) is 5.77. The first-order valence-corrected chi connectivity index (χ1v) is 5.93. The number of rotatable bonds is 1. The van der Waals surface area contributed by atoms with Crippen molar-refractivity contribution in [2.45, 2.75) is 45.1 Å². The summed E-state index contributed by atoms with van der Waals surface area (Å²) in [5.41, 5.74) is 14.5. The number of aromatic nitrogens is 1. The van der Waals surface area contributed by atoms with E-state index in [1.807, 2.05) is 12.3 Å². The van der Waals surface area contributed by atoms with E-state index in [2.05, 4.69) is 18.8 Å². The van der Waals surface area contributed by atoms with E-state index in [-0.39, 0.29) is 0 Å². The van der Waals surface area contributed by atoms with Gasteiger partial charge in [-0.15, -0.1) is 0 Å². The van der Waals surface area contributed by atoms with E-state index in [0.717, 1.165) is 24.9 Å². The fourth-order valence-electron chi connectivity index (χ4n) is 3.02. The number of nitrogen functional groups attached to an aromatic ring is 1. The van der Waals surface area contributed by atoms with Crippen LogP contribution < -0.4 is 11.5 Å². The van der Waals surface area contributed by atoms with Gasteiger partial charge in [0.1, 0.15) is 0 Å². The average Bonchev–Trinajstić information content (AvgIpc) is 2.15. The molecule has 3 nitrogen and oxygen atoms in total. The van der Waals surface area contributed by atoms with E-state index in [1.165, 1.54) is 5.56 Å². The van der Waals surface area contributed by atoms with Gasteiger partial charge in [0.15, 0.2) is 0 Å². The smallest absolute Gasteiger partial charge is 0.0535 e. The molecule has 1 heterocycles. The van der Waals surface area contributed by atoms with Gasteiger partial charge in [-0.2, -0.15) is 0 Å². The maximum atomic E-state index is 6.13. The number of nitrogens with zero attached hydrogens (tertiary/aromatic N) is 1. The molecule has 1 fully saturated rings. The molecule has 2 rings (SSSR count). The second-order valence-electron chi connectivity index (χ2n) is 5.77. The van der Waals surface area contributed by atoms with Crippen molar-refractivity contribution in [1.82, 2.24) is 4.98 Å². The Hall–Kier alpha value is -1.09. The lowest BCUT2D eigenvalue weighted by molar-refractivity contribution is 0.197. The molecule has 1 aliphatic rings. The first-order valence-electron chi connectivity index (χ1n) is 5.93. The summed E-state index contributed by atoms with van der Waals surface area (Å²) in [6, 6.07) is 2.33. The second kappa shape index (κ2) is 4.06. The molecule has 2 atom stereocenters. The van der Waals surface area contributed by atoms with Crippen LogP contribution >= 0.6 is 0 Å². The van der Waals surface area contributed by atoms with E-state index in [1.54, 1.807) is 6.20 Å². The molecule has 88 valence electrons. The predicted octanol–water partition coefficient (Wildman–Crippen LogP) is 2.28. The molecule has 0 aromatic carbocycles. The Labute approximate surface area is 97.2 Å². The van der Waals surface area contributed by atoms with Crippen LogP contribution in [0.3, 0.4) is 0 Å². The van der Waals surface area contributed by atoms with E-state index < -0.39 is 0 Å². The van der Waals surface area contributed by atoms with Crippen LogP contribution in [0.2, 0.25) is 0 Å². The van der Waals surface area contributed by atoms with Crippen LogP contribution in [0.25, 0.3) is 0 Å². The first-order chi connectivity index (χ1) is 7.48. The third kappa shape index (κ3) is 2.35. The molecule has 1 aromatic heterocycles. The molecule has 16 heavy (non-hydrogen) atoms. The fraction of sp³-hybridized carbons (Fsp3) is 0.615. The van der Waals surface area contributed by atoms with Crippen molar-refractivity contribution in [3.8, 4) is 0 Å². The zero-order valence-corrected chi connectivity index (χ0v) is 10.1. The molecule has 0 spiro atoms. The predicted molar refractivity (Wildman–Crippen MR) is 67.0 cm³/mol. The average molecular weight is 219 g/mol. The molecule has 2 unspecified atom stereocenters. The Morgan fingerprint density at radius 1 is 1.38 bits per heavy atom. The Morgan fingerprint density at radius 2 is 2.12 bits per heavy atom. The van der Waals surface area contributed by atoms with Gasteiger partial charge in [0.25, 0.3) is 0 Å². The minimum Gasteiger partial charge on any atom is -0.397 e. The summed E-state index contributed by atoms with van der Waals surface area (Å²) in [6.45, 7) is 4.58. The minimum absolute atomic E-state index is 0.293. The third-order valence-electron chi connectivity index (χ3n) is 3.53. The van der Waals surface area contributed by atoms with Gasteiger partial charge < -0.3 is 11.5 Å². The highest BCUT2D eigenvalue weighted by Gasteiger charge is 2.33. The Balaban J connectivity index is 2.25. The van der Waals surface area contributed by atoms with Crippen molar-refractivity contribution in [3.05, 3.63) is 24.0 Å². The summed E-state index contributed by atoms with van der Waals surface area (Å²) in [4.78, 5) is 4.04. The Morgan fingerprint density at radius 3 is 2.75 bits per heavy atom. The van der Waals surface area contributed by atoms with Gasteiger partial charge in [-0.05, 0) is 42.2 Å². The van der Waals surface area contributed by atoms with Gasteiger partial charge in [-0.25, -0.2) is 0 Å². The number of pyridine rings is 1. The molecule has 3 heteroatoms. The largest absolute Gasteiger partial charge is 0.397 e. The molecule has 1 saturated carbocycles. The molecule has 0 saturated heterocycles. The van der Waals surface area contributed by atoms with Gasteiger partial charge in [-0.1, -0.05) is 13.8 Å². The molecule has 4 N–H and O–H groups in total. The molecule has 1 aliphatic carbocycles. The Kier molecular flexibility index (Phi) is 2.89. The molecule has 0 amide bonds. The molecule has 0 radical (unpaired) electrons. The summed E-state index contributed by atoms with van der Waals surface area (Å²) in [5.74, 6) is 0.488. The number of nitrogens with two attached hydrogens (primary N) is 2. The van der Waals surface area contributed by atoms with Crippen LogP contribution in [0, 0.1) is 5.41 Å². The third-order valence-corrected chi connectivity index (χ3v) is 3.53. The van der Waals surface area contributed by atoms with E-state index in [4.69, 9.17) is 11.5 Å². The standard InChI is InChI=1S/C13H21N3/c1-13(2)6-9(5-10(14)7-13)11-3-4-16-8-12(11)15/h3-4,8-10H,5-7,14-15H2,1-2H3. The van der Waals surface area contributed by atoms with Crippen molar-refractivity contribution in [2.75, 3.05) is 5.73 Å². The number of hydrogen-bond donors (Lipinski definition) is 2. The summed E-state index contributed by atoms with van der Waals surface area (Å²) < 4.78 is 0. The van der Waals surface area contributed by atoms with Gasteiger partial charge in [0.2, 0.25) is 0 Å². The lowest BCUT2D eigenvalue weighted by Crippen LogP contribution is -2.36. The monoisotopic (exact) mass is 219 g/mol. The van der Waals surface area contributed by atoms with Crippen LogP contribution in [0.15, 0.2) is 18.5 Å². The molecule has 0 bridgehead atoms. The van der Waals surface area contributed by atoms with Crippen molar-refractivity contribution in [2.24, 2.45) is 11.1 Å². The molecule has 0 aliphatic heterocycles. The molecular weight excluding hydrogens is 198 g/mol.